The predicted molar refractivity (Wildman–Crippen MR) is 92.7 cm³/mol. The van der Waals surface area contributed by atoms with E-state index in [-0.39, 0.29) is 16.9 Å². The van der Waals surface area contributed by atoms with Gasteiger partial charge in [-0.2, -0.15) is 0 Å². The van der Waals surface area contributed by atoms with Gasteiger partial charge >= 0.3 is 0 Å². The van der Waals surface area contributed by atoms with Crippen molar-refractivity contribution in [3.05, 3.63) is 33.8 Å². The molecule has 0 atom stereocenters. The van der Waals surface area contributed by atoms with Gasteiger partial charge < -0.3 is 10.1 Å². The third kappa shape index (κ3) is 8.55. The van der Waals surface area contributed by atoms with Crippen molar-refractivity contribution in [2.24, 2.45) is 0 Å². The lowest BCUT2D eigenvalue weighted by atomic mass is 10.2. The standard InChI is InChI=1S/C15H21Cl2NO4S/c1-11(2)22-7-3-6-18-15(19)10-23(20,21)9-12-4-5-13(16)8-14(12)17/h4-5,8,11H,3,6-7,9-10H2,1-2H3,(H,18,19). The maximum Gasteiger partial charge on any atom is 0.235 e. The number of rotatable bonds is 9. The lowest BCUT2D eigenvalue weighted by molar-refractivity contribution is -0.118. The van der Waals surface area contributed by atoms with Gasteiger partial charge in [-0.15, -0.1) is 0 Å². The van der Waals surface area contributed by atoms with Gasteiger partial charge in [0.05, 0.1) is 11.9 Å². The first kappa shape index (κ1) is 20.2. The van der Waals surface area contributed by atoms with Gasteiger partial charge in [-0.3, -0.25) is 4.79 Å². The van der Waals surface area contributed by atoms with Crippen LogP contribution in [0.4, 0.5) is 0 Å². The largest absolute Gasteiger partial charge is 0.379 e. The van der Waals surface area contributed by atoms with Crippen LogP contribution < -0.4 is 5.32 Å². The second-order valence-corrected chi connectivity index (χ2v) is 8.30. The van der Waals surface area contributed by atoms with Crippen LogP contribution in [0.3, 0.4) is 0 Å². The summed E-state index contributed by atoms with van der Waals surface area (Å²) in [6.45, 7) is 4.74. The smallest absolute Gasteiger partial charge is 0.235 e. The number of amides is 1. The van der Waals surface area contributed by atoms with E-state index in [1.807, 2.05) is 13.8 Å². The van der Waals surface area contributed by atoms with Crippen molar-refractivity contribution in [1.82, 2.24) is 5.32 Å². The minimum atomic E-state index is -3.60. The summed E-state index contributed by atoms with van der Waals surface area (Å²) >= 11 is 11.7. The molecule has 0 bridgehead atoms. The molecule has 0 aliphatic carbocycles. The Balaban J connectivity index is 2.43. The molecule has 0 saturated heterocycles. The first-order chi connectivity index (χ1) is 10.7. The second-order valence-electron chi connectivity index (χ2n) is 5.39. The quantitative estimate of drug-likeness (QED) is 0.667. The van der Waals surface area contributed by atoms with Gasteiger partial charge in [0.25, 0.3) is 0 Å². The molecule has 5 nitrogen and oxygen atoms in total. The van der Waals surface area contributed by atoms with E-state index in [1.165, 1.54) is 6.07 Å². The lowest BCUT2D eigenvalue weighted by Gasteiger charge is -2.09. The Morgan fingerprint density at radius 2 is 2.00 bits per heavy atom. The molecule has 1 N–H and O–H groups in total. The summed E-state index contributed by atoms with van der Waals surface area (Å²) in [5.41, 5.74) is 0.425. The molecule has 1 rings (SSSR count). The molecule has 23 heavy (non-hydrogen) atoms. The zero-order valence-corrected chi connectivity index (χ0v) is 15.5. The molecular formula is C15H21Cl2NO4S. The van der Waals surface area contributed by atoms with Crippen LogP contribution in [0.1, 0.15) is 25.8 Å². The molecule has 1 aromatic carbocycles. The van der Waals surface area contributed by atoms with Gasteiger partial charge in [-0.05, 0) is 38.0 Å². The van der Waals surface area contributed by atoms with Crippen LogP contribution in [-0.2, 0) is 25.1 Å². The van der Waals surface area contributed by atoms with Crippen molar-refractivity contribution in [3.8, 4) is 0 Å². The van der Waals surface area contributed by atoms with E-state index in [2.05, 4.69) is 5.32 Å². The predicted octanol–water partition coefficient (Wildman–Crippen LogP) is 2.84. The molecule has 1 amide bonds. The van der Waals surface area contributed by atoms with E-state index in [0.717, 1.165) is 0 Å². The zero-order chi connectivity index (χ0) is 17.5. The molecule has 1 aromatic rings. The number of halogens is 2. The van der Waals surface area contributed by atoms with Crippen molar-refractivity contribution in [1.29, 1.82) is 0 Å². The summed E-state index contributed by atoms with van der Waals surface area (Å²) in [5.74, 6) is -1.40. The van der Waals surface area contributed by atoms with Crippen LogP contribution in [-0.4, -0.2) is 39.3 Å². The van der Waals surface area contributed by atoms with Gasteiger partial charge in [0.1, 0.15) is 5.75 Å². The number of carbonyl (C=O) groups is 1. The van der Waals surface area contributed by atoms with Crippen LogP contribution in [0.2, 0.25) is 10.0 Å². The number of hydrogen-bond donors (Lipinski definition) is 1. The fourth-order valence-electron chi connectivity index (χ4n) is 1.80. The number of carbonyl (C=O) groups excluding carboxylic acids is 1. The van der Waals surface area contributed by atoms with Gasteiger partial charge in [0.15, 0.2) is 9.84 Å². The van der Waals surface area contributed by atoms with Crippen LogP contribution in [0.25, 0.3) is 0 Å². The van der Waals surface area contributed by atoms with Crippen molar-refractivity contribution < 1.29 is 17.9 Å². The summed E-state index contributed by atoms with van der Waals surface area (Å²) in [4.78, 5) is 11.7. The Morgan fingerprint density at radius 3 is 2.61 bits per heavy atom. The normalized spacial score (nSPS) is 11.7. The summed E-state index contributed by atoms with van der Waals surface area (Å²) < 4.78 is 29.4. The highest BCUT2D eigenvalue weighted by Gasteiger charge is 2.18. The SMILES string of the molecule is CC(C)OCCCNC(=O)CS(=O)(=O)Cc1ccc(Cl)cc1Cl. The van der Waals surface area contributed by atoms with Crippen LogP contribution in [0.15, 0.2) is 18.2 Å². The van der Waals surface area contributed by atoms with E-state index >= 15 is 0 Å². The second kappa shape index (κ2) is 9.47. The molecule has 0 aliphatic rings. The fraction of sp³-hybridized carbons (Fsp3) is 0.533. The zero-order valence-electron chi connectivity index (χ0n) is 13.1. The van der Waals surface area contributed by atoms with E-state index < -0.39 is 21.5 Å². The minimum Gasteiger partial charge on any atom is -0.379 e. The van der Waals surface area contributed by atoms with E-state index in [4.69, 9.17) is 27.9 Å². The van der Waals surface area contributed by atoms with Gasteiger partial charge in [-0.25, -0.2) is 8.42 Å². The van der Waals surface area contributed by atoms with Gasteiger partial charge in [-0.1, -0.05) is 29.3 Å². The maximum atomic E-state index is 12.0. The summed E-state index contributed by atoms with van der Waals surface area (Å²) in [6, 6.07) is 4.58. The molecule has 0 spiro atoms. The highest BCUT2D eigenvalue weighted by Crippen LogP contribution is 2.22. The molecule has 0 saturated carbocycles. The minimum absolute atomic E-state index is 0.134. The molecule has 0 unspecified atom stereocenters. The summed E-state index contributed by atoms with van der Waals surface area (Å²) in [7, 11) is -3.60. The van der Waals surface area contributed by atoms with Crippen molar-refractivity contribution in [3.63, 3.8) is 0 Å². The van der Waals surface area contributed by atoms with Crippen molar-refractivity contribution in [2.75, 3.05) is 18.9 Å². The van der Waals surface area contributed by atoms with E-state index in [9.17, 15) is 13.2 Å². The number of sulfone groups is 1. The number of nitrogens with one attached hydrogen (secondary N) is 1. The van der Waals surface area contributed by atoms with Gasteiger partial charge in [0, 0.05) is 23.2 Å². The first-order valence-corrected chi connectivity index (χ1v) is 9.80. The Kier molecular flexibility index (Phi) is 8.33. The lowest BCUT2D eigenvalue weighted by Crippen LogP contribution is -2.32. The van der Waals surface area contributed by atoms with Crippen LogP contribution in [0, 0.1) is 0 Å². The highest BCUT2D eigenvalue weighted by molar-refractivity contribution is 7.91. The van der Waals surface area contributed by atoms with E-state index in [0.29, 0.717) is 30.2 Å². The summed E-state index contributed by atoms with van der Waals surface area (Å²) in [6.07, 6.45) is 0.766. The fourth-order valence-corrected chi connectivity index (χ4v) is 3.68. The van der Waals surface area contributed by atoms with Crippen LogP contribution >= 0.6 is 23.2 Å². The topological polar surface area (TPSA) is 72.5 Å². The molecule has 0 aliphatic heterocycles. The average molecular weight is 382 g/mol. The van der Waals surface area contributed by atoms with Crippen LogP contribution in [0.5, 0.6) is 0 Å². The van der Waals surface area contributed by atoms with Crippen molar-refractivity contribution in [2.45, 2.75) is 32.1 Å². The molecule has 0 radical (unpaired) electrons. The Hall–Kier alpha value is -0.820. The molecular weight excluding hydrogens is 361 g/mol. The highest BCUT2D eigenvalue weighted by atomic mass is 35.5. The number of hydrogen-bond acceptors (Lipinski definition) is 4. The summed E-state index contributed by atoms with van der Waals surface area (Å²) in [5, 5.41) is 3.27. The number of benzene rings is 1. The van der Waals surface area contributed by atoms with E-state index in [1.54, 1.807) is 12.1 Å². The molecule has 130 valence electrons. The molecule has 0 fully saturated rings. The first-order valence-electron chi connectivity index (χ1n) is 7.22. The van der Waals surface area contributed by atoms with Crippen molar-refractivity contribution >= 4 is 38.9 Å². The van der Waals surface area contributed by atoms with Gasteiger partial charge in [0.2, 0.25) is 5.91 Å². The Bertz CT molecular complexity index is 632. The average Bonchev–Trinajstić information content (AvgIpc) is 2.40. The Morgan fingerprint density at radius 1 is 1.30 bits per heavy atom. The molecule has 0 aromatic heterocycles. The number of ether oxygens (including phenoxy) is 1. The maximum absolute atomic E-state index is 12.0. The third-order valence-corrected chi connectivity index (χ3v) is 4.88. The molecule has 0 heterocycles. The Labute approximate surface area is 147 Å². The third-order valence-electron chi connectivity index (χ3n) is 2.84. The molecule has 8 heteroatoms. The monoisotopic (exact) mass is 381 g/mol.